The Morgan fingerprint density at radius 3 is 2.67 bits per heavy atom. The lowest BCUT2D eigenvalue weighted by Gasteiger charge is -2.34. The molecule has 2 fully saturated rings. The monoisotopic (exact) mass is 365 g/mol. The predicted octanol–water partition coefficient (Wildman–Crippen LogP) is 2.65. The van der Waals surface area contributed by atoms with Crippen molar-refractivity contribution < 1.29 is 9.53 Å². The molecule has 1 N–H and O–H groups in total. The average Bonchev–Trinajstić information content (AvgIpc) is 3.44. The van der Waals surface area contributed by atoms with Gasteiger partial charge in [0.2, 0.25) is 5.91 Å². The minimum absolute atomic E-state index is 0.0796. The number of nitrogens with zero attached hydrogens (tertiary/aromatic N) is 2. The molecule has 0 spiro atoms. The van der Waals surface area contributed by atoms with Crippen molar-refractivity contribution in [1.29, 1.82) is 0 Å². The maximum Gasteiger partial charge on any atom is 0.242 e. The van der Waals surface area contributed by atoms with Crippen LogP contribution in [0.25, 0.3) is 0 Å². The second-order valence-electron chi connectivity index (χ2n) is 7.71. The van der Waals surface area contributed by atoms with E-state index in [1.165, 1.54) is 11.1 Å². The number of benzene rings is 1. The third-order valence-electron chi connectivity index (χ3n) is 5.69. The van der Waals surface area contributed by atoms with E-state index in [0.717, 1.165) is 37.9 Å². The van der Waals surface area contributed by atoms with Crippen molar-refractivity contribution in [1.82, 2.24) is 15.2 Å². The molecule has 0 bridgehead atoms. The summed E-state index contributed by atoms with van der Waals surface area (Å²) in [5.74, 6) is 0.0796. The van der Waals surface area contributed by atoms with Gasteiger partial charge in [0, 0.05) is 31.0 Å². The fourth-order valence-corrected chi connectivity index (χ4v) is 3.90. The first-order chi connectivity index (χ1) is 13.2. The number of aromatic nitrogens is 1. The average molecular weight is 365 g/mol. The Kier molecular flexibility index (Phi) is 5.23. The second kappa shape index (κ2) is 7.79. The van der Waals surface area contributed by atoms with Crippen LogP contribution in [-0.4, -0.2) is 47.6 Å². The molecule has 0 unspecified atom stereocenters. The van der Waals surface area contributed by atoms with Crippen LogP contribution in [0, 0.1) is 6.92 Å². The molecule has 2 heterocycles. The predicted molar refractivity (Wildman–Crippen MR) is 104 cm³/mol. The molecule has 0 radical (unpaired) electrons. The first-order valence-electron chi connectivity index (χ1n) is 9.75. The molecule has 1 saturated heterocycles. The van der Waals surface area contributed by atoms with E-state index >= 15 is 0 Å². The van der Waals surface area contributed by atoms with Gasteiger partial charge in [0.15, 0.2) is 0 Å². The molecular weight excluding hydrogens is 338 g/mol. The van der Waals surface area contributed by atoms with Gasteiger partial charge in [-0.2, -0.15) is 0 Å². The van der Waals surface area contributed by atoms with Crippen molar-refractivity contribution in [3.8, 4) is 0 Å². The summed E-state index contributed by atoms with van der Waals surface area (Å²) in [6.45, 7) is 4.99. The van der Waals surface area contributed by atoms with Crippen LogP contribution in [-0.2, 0) is 16.0 Å². The number of amides is 1. The lowest BCUT2D eigenvalue weighted by molar-refractivity contribution is -0.129. The van der Waals surface area contributed by atoms with Gasteiger partial charge in [0.25, 0.3) is 0 Å². The van der Waals surface area contributed by atoms with Gasteiger partial charge in [-0.3, -0.25) is 14.7 Å². The van der Waals surface area contributed by atoms with Crippen molar-refractivity contribution in [3.05, 3.63) is 65.5 Å². The number of morpholine rings is 1. The Hall–Kier alpha value is -2.24. The molecular formula is C22H27N3O2. The lowest BCUT2D eigenvalue weighted by Crippen LogP contribution is -2.49. The van der Waals surface area contributed by atoms with Gasteiger partial charge in [-0.25, -0.2) is 0 Å². The highest BCUT2D eigenvalue weighted by Gasteiger charge is 2.46. The largest absolute Gasteiger partial charge is 0.379 e. The molecule has 1 aliphatic carbocycles. The van der Waals surface area contributed by atoms with Crippen LogP contribution in [0.2, 0.25) is 0 Å². The van der Waals surface area contributed by atoms with Crippen LogP contribution in [0.1, 0.15) is 35.6 Å². The number of nitrogens with one attached hydrogen (secondary N) is 1. The number of aryl methyl sites for hydroxylation is 1. The molecule has 1 amide bonds. The van der Waals surface area contributed by atoms with Crippen LogP contribution in [0.5, 0.6) is 0 Å². The molecule has 1 aromatic carbocycles. The van der Waals surface area contributed by atoms with E-state index in [1.54, 1.807) is 12.4 Å². The Morgan fingerprint density at radius 2 is 2.00 bits per heavy atom. The van der Waals surface area contributed by atoms with Crippen molar-refractivity contribution >= 4 is 5.91 Å². The highest BCUT2D eigenvalue weighted by atomic mass is 16.5. The van der Waals surface area contributed by atoms with Gasteiger partial charge >= 0.3 is 0 Å². The zero-order chi connectivity index (χ0) is 18.7. The van der Waals surface area contributed by atoms with Crippen molar-refractivity contribution in [2.45, 2.75) is 37.8 Å². The SMILES string of the molecule is Cc1ccccc1CC1(NC(=O)[C@H](c2cccnc2)N2CCOCC2)CC1. The van der Waals surface area contributed by atoms with Crippen molar-refractivity contribution in [2.75, 3.05) is 26.3 Å². The summed E-state index contributed by atoms with van der Waals surface area (Å²) < 4.78 is 5.48. The zero-order valence-electron chi connectivity index (χ0n) is 15.9. The quantitative estimate of drug-likeness (QED) is 0.855. The summed E-state index contributed by atoms with van der Waals surface area (Å²) in [7, 11) is 0. The third kappa shape index (κ3) is 4.20. The molecule has 5 heteroatoms. The van der Waals surface area contributed by atoms with Crippen molar-refractivity contribution in [2.24, 2.45) is 0 Å². The van der Waals surface area contributed by atoms with Gasteiger partial charge in [0.1, 0.15) is 6.04 Å². The van der Waals surface area contributed by atoms with E-state index in [1.807, 2.05) is 12.1 Å². The minimum atomic E-state index is -0.308. The second-order valence-corrected chi connectivity index (χ2v) is 7.71. The summed E-state index contributed by atoms with van der Waals surface area (Å²) >= 11 is 0. The van der Waals surface area contributed by atoms with E-state index in [-0.39, 0.29) is 17.5 Å². The molecule has 4 rings (SSSR count). The van der Waals surface area contributed by atoms with Crippen LogP contribution in [0.15, 0.2) is 48.8 Å². The van der Waals surface area contributed by atoms with Gasteiger partial charge in [0.05, 0.1) is 13.2 Å². The van der Waals surface area contributed by atoms with Crippen LogP contribution in [0.3, 0.4) is 0 Å². The summed E-state index contributed by atoms with van der Waals surface area (Å²) in [6, 6.07) is 12.0. The van der Waals surface area contributed by atoms with E-state index in [4.69, 9.17) is 4.74 Å². The Balaban J connectivity index is 1.52. The van der Waals surface area contributed by atoms with Crippen LogP contribution in [0.4, 0.5) is 0 Å². The van der Waals surface area contributed by atoms with E-state index in [9.17, 15) is 4.79 Å². The lowest BCUT2D eigenvalue weighted by atomic mass is 9.98. The number of rotatable bonds is 6. The van der Waals surface area contributed by atoms with Gasteiger partial charge in [-0.1, -0.05) is 30.3 Å². The summed E-state index contributed by atoms with van der Waals surface area (Å²) in [5.41, 5.74) is 3.45. The normalized spacial score (nSPS) is 20.0. The molecule has 1 aromatic heterocycles. The van der Waals surface area contributed by atoms with E-state index < -0.39 is 0 Å². The van der Waals surface area contributed by atoms with Crippen LogP contribution >= 0.6 is 0 Å². The Bertz CT molecular complexity index is 783. The molecule has 1 atom stereocenters. The number of carbonyl (C=O) groups is 1. The van der Waals surface area contributed by atoms with E-state index in [0.29, 0.717) is 13.2 Å². The maximum absolute atomic E-state index is 13.4. The number of hydrogen-bond acceptors (Lipinski definition) is 4. The fraction of sp³-hybridized carbons (Fsp3) is 0.455. The molecule has 142 valence electrons. The molecule has 1 aliphatic heterocycles. The summed E-state index contributed by atoms with van der Waals surface area (Å²) in [5, 5.41) is 3.39. The number of carbonyl (C=O) groups excluding carboxylic acids is 1. The minimum Gasteiger partial charge on any atom is -0.379 e. The number of ether oxygens (including phenoxy) is 1. The smallest absolute Gasteiger partial charge is 0.242 e. The molecule has 1 saturated carbocycles. The molecule has 27 heavy (non-hydrogen) atoms. The first-order valence-corrected chi connectivity index (χ1v) is 9.75. The Morgan fingerprint density at radius 1 is 1.22 bits per heavy atom. The van der Waals surface area contributed by atoms with Crippen molar-refractivity contribution in [3.63, 3.8) is 0 Å². The highest BCUT2D eigenvalue weighted by Crippen LogP contribution is 2.40. The molecule has 2 aromatic rings. The summed E-state index contributed by atoms with van der Waals surface area (Å²) in [6.07, 6.45) is 6.53. The number of hydrogen-bond donors (Lipinski definition) is 1. The molecule has 2 aliphatic rings. The molecule has 5 nitrogen and oxygen atoms in total. The zero-order valence-corrected chi connectivity index (χ0v) is 15.9. The Labute approximate surface area is 160 Å². The highest BCUT2D eigenvalue weighted by molar-refractivity contribution is 5.84. The maximum atomic E-state index is 13.4. The standard InChI is InChI=1S/C22H27N3O2/c1-17-5-2-3-6-18(17)15-22(8-9-22)24-21(26)20(19-7-4-10-23-16-19)25-11-13-27-14-12-25/h2-7,10,16,20H,8-9,11-15H2,1H3,(H,24,26)/t20-/m0/s1. The first kappa shape index (κ1) is 18.1. The van der Waals surface area contributed by atoms with Gasteiger partial charge in [-0.05, 0) is 48.9 Å². The van der Waals surface area contributed by atoms with Gasteiger partial charge in [-0.15, -0.1) is 0 Å². The van der Waals surface area contributed by atoms with Crippen LogP contribution < -0.4 is 5.32 Å². The van der Waals surface area contributed by atoms with Gasteiger partial charge < -0.3 is 10.1 Å². The fourth-order valence-electron chi connectivity index (χ4n) is 3.90. The number of pyridine rings is 1. The third-order valence-corrected chi connectivity index (χ3v) is 5.69. The van der Waals surface area contributed by atoms with E-state index in [2.05, 4.69) is 46.4 Å². The topological polar surface area (TPSA) is 54.5 Å². The summed E-state index contributed by atoms with van der Waals surface area (Å²) in [4.78, 5) is 19.8.